The van der Waals surface area contributed by atoms with Crippen molar-refractivity contribution in [3.63, 3.8) is 0 Å². The minimum absolute atomic E-state index is 0.216. The van der Waals surface area contributed by atoms with Gasteiger partial charge in [-0.15, -0.1) is 0 Å². The van der Waals surface area contributed by atoms with Crippen LogP contribution < -0.4 is 9.47 Å². The summed E-state index contributed by atoms with van der Waals surface area (Å²) in [6.07, 6.45) is 0. The Hall–Kier alpha value is -2.79. The molecule has 0 aliphatic carbocycles. The molecule has 0 saturated carbocycles. The smallest absolute Gasteiger partial charge is 0.206 e. The fraction of sp³-hybridized carbons (Fsp3) is 0.333. The minimum atomic E-state index is -3.56. The molecule has 0 bridgehead atoms. The molecular weight excluding hydrogens is 420 g/mol. The lowest BCUT2D eigenvalue weighted by molar-refractivity contribution is 0.414. The second-order valence-corrected chi connectivity index (χ2v) is 7.02. The largest absolute Gasteiger partial charge is 0.497 e. The van der Waals surface area contributed by atoms with Crippen LogP contribution in [0.25, 0.3) is 0 Å². The summed E-state index contributed by atoms with van der Waals surface area (Å²) in [5.41, 5.74) is 0. The second-order valence-electron chi connectivity index (χ2n) is 5.07. The Kier molecular flexibility index (Phi) is 18.6. The van der Waals surface area contributed by atoms with Crippen molar-refractivity contribution in [2.75, 3.05) is 7.11 Å². The maximum atomic E-state index is 12.6. The Morgan fingerprint density at radius 2 is 0.844 bits per heavy atom. The SMILES string of the molecule is CC.CC.CC.CC.COc1ccc(S(=O)(=O)c2ccc(Oc3ccccc3)cc2)cc1. The molecule has 3 aromatic rings. The molecule has 0 radical (unpaired) electrons. The molecule has 0 atom stereocenters. The number of methoxy groups -OCH3 is 1. The molecule has 0 heterocycles. The maximum absolute atomic E-state index is 12.6. The van der Waals surface area contributed by atoms with Crippen LogP contribution in [-0.4, -0.2) is 15.5 Å². The molecule has 32 heavy (non-hydrogen) atoms. The zero-order chi connectivity index (χ0) is 25.0. The van der Waals surface area contributed by atoms with Gasteiger partial charge < -0.3 is 9.47 Å². The van der Waals surface area contributed by atoms with E-state index < -0.39 is 9.84 Å². The van der Waals surface area contributed by atoms with E-state index >= 15 is 0 Å². The molecule has 0 unspecified atom stereocenters. The van der Waals surface area contributed by atoms with Crippen molar-refractivity contribution in [1.29, 1.82) is 0 Å². The lowest BCUT2D eigenvalue weighted by atomic mass is 10.3. The van der Waals surface area contributed by atoms with E-state index in [1.54, 1.807) is 24.3 Å². The van der Waals surface area contributed by atoms with E-state index in [9.17, 15) is 8.42 Å². The standard InChI is InChI=1S/C19H16O4S.4C2H6/c1-22-15-7-11-18(12-8-15)24(20,21)19-13-9-17(10-14-19)23-16-5-3-2-4-6-16;4*1-2/h2-14H,1H3;4*1-2H3. The van der Waals surface area contributed by atoms with Crippen molar-refractivity contribution >= 4 is 9.84 Å². The van der Waals surface area contributed by atoms with Gasteiger partial charge in [0.25, 0.3) is 0 Å². The highest BCUT2D eigenvalue weighted by Gasteiger charge is 2.17. The third-order valence-corrected chi connectivity index (χ3v) is 5.27. The summed E-state index contributed by atoms with van der Waals surface area (Å²) in [6.45, 7) is 16.0. The average Bonchev–Trinajstić information content (AvgIpc) is 2.90. The first-order chi connectivity index (χ1) is 15.6. The highest BCUT2D eigenvalue weighted by Crippen LogP contribution is 2.26. The predicted molar refractivity (Wildman–Crippen MR) is 137 cm³/mol. The average molecular weight is 461 g/mol. The topological polar surface area (TPSA) is 52.6 Å². The van der Waals surface area contributed by atoms with E-state index in [4.69, 9.17) is 9.47 Å². The van der Waals surface area contributed by atoms with Gasteiger partial charge in [0.2, 0.25) is 9.84 Å². The molecule has 0 aromatic heterocycles. The molecule has 3 rings (SSSR count). The van der Waals surface area contributed by atoms with Crippen molar-refractivity contribution in [1.82, 2.24) is 0 Å². The van der Waals surface area contributed by atoms with Crippen LogP contribution >= 0.6 is 0 Å². The summed E-state index contributed by atoms with van der Waals surface area (Å²) in [4.78, 5) is 0.438. The zero-order valence-corrected chi connectivity index (χ0v) is 21.9. The van der Waals surface area contributed by atoms with Gasteiger partial charge in [-0.3, -0.25) is 0 Å². The number of hydrogen-bond acceptors (Lipinski definition) is 4. The minimum Gasteiger partial charge on any atom is -0.497 e. The number of para-hydroxylation sites is 1. The molecule has 3 aromatic carbocycles. The van der Waals surface area contributed by atoms with E-state index in [-0.39, 0.29) is 9.79 Å². The lowest BCUT2D eigenvalue weighted by Gasteiger charge is -2.08. The van der Waals surface area contributed by atoms with E-state index in [0.29, 0.717) is 17.2 Å². The second kappa shape index (κ2) is 18.9. The van der Waals surface area contributed by atoms with Crippen LogP contribution in [-0.2, 0) is 9.84 Å². The van der Waals surface area contributed by atoms with Gasteiger partial charge in [0.1, 0.15) is 17.2 Å². The van der Waals surface area contributed by atoms with Crippen LogP contribution in [0.5, 0.6) is 17.2 Å². The number of rotatable bonds is 5. The molecular formula is C27H40O4S. The normalized spacial score (nSPS) is 9.03. The summed E-state index contributed by atoms with van der Waals surface area (Å²) in [7, 11) is -2.03. The van der Waals surface area contributed by atoms with Crippen molar-refractivity contribution in [3.8, 4) is 17.2 Å². The molecule has 0 saturated heterocycles. The summed E-state index contributed by atoms with van der Waals surface area (Å²) in [5, 5.41) is 0. The van der Waals surface area contributed by atoms with E-state index in [1.807, 2.05) is 85.7 Å². The van der Waals surface area contributed by atoms with Crippen molar-refractivity contribution in [3.05, 3.63) is 78.9 Å². The molecule has 0 N–H and O–H groups in total. The van der Waals surface area contributed by atoms with E-state index in [2.05, 4.69) is 0 Å². The first kappa shape index (κ1) is 31.4. The van der Waals surface area contributed by atoms with Crippen molar-refractivity contribution in [2.24, 2.45) is 0 Å². The lowest BCUT2D eigenvalue weighted by Crippen LogP contribution is -2.01. The van der Waals surface area contributed by atoms with Gasteiger partial charge in [0.05, 0.1) is 16.9 Å². The van der Waals surface area contributed by atoms with E-state index in [1.165, 1.54) is 31.4 Å². The summed E-state index contributed by atoms with van der Waals surface area (Å²) in [5.74, 6) is 1.89. The summed E-state index contributed by atoms with van der Waals surface area (Å²) in [6, 6.07) is 22.0. The number of ether oxygens (including phenoxy) is 2. The molecule has 0 aliphatic heterocycles. The molecule has 0 amide bonds. The van der Waals surface area contributed by atoms with E-state index in [0.717, 1.165) is 0 Å². The number of benzene rings is 3. The third kappa shape index (κ3) is 10.0. The van der Waals surface area contributed by atoms with Crippen molar-refractivity contribution < 1.29 is 17.9 Å². The third-order valence-electron chi connectivity index (χ3n) is 3.48. The quantitative estimate of drug-likeness (QED) is 0.383. The summed E-state index contributed by atoms with van der Waals surface area (Å²) >= 11 is 0. The van der Waals surface area contributed by atoms with Gasteiger partial charge in [-0.05, 0) is 60.7 Å². The van der Waals surface area contributed by atoms with Gasteiger partial charge in [0, 0.05) is 0 Å². The van der Waals surface area contributed by atoms with Gasteiger partial charge in [0.15, 0.2) is 0 Å². The monoisotopic (exact) mass is 460 g/mol. The van der Waals surface area contributed by atoms with Crippen molar-refractivity contribution in [2.45, 2.75) is 65.2 Å². The highest BCUT2D eigenvalue weighted by molar-refractivity contribution is 7.91. The van der Waals surface area contributed by atoms with Crippen LogP contribution in [0.2, 0.25) is 0 Å². The Labute approximate surface area is 196 Å². The molecule has 0 fully saturated rings. The van der Waals surface area contributed by atoms with Crippen LogP contribution in [0.4, 0.5) is 0 Å². The van der Waals surface area contributed by atoms with Gasteiger partial charge in [-0.2, -0.15) is 0 Å². The highest BCUT2D eigenvalue weighted by atomic mass is 32.2. The Bertz CT molecular complexity index is 902. The molecule has 0 aliphatic rings. The Morgan fingerprint density at radius 1 is 0.500 bits per heavy atom. The first-order valence-electron chi connectivity index (χ1n) is 11.3. The predicted octanol–water partition coefficient (Wildman–Crippen LogP) is 8.43. The Balaban J connectivity index is 0. The van der Waals surface area contributed by atoms with Gasteiger partial charge in [-0.25, -0.2) is 8.42 Å². The van der Waals surface area contributed by atoms with Gasteiger partial charge in [-0.1, -0.05) is 73.6 Å². The van der Waals surface area contributed by atoms with Crippen LogP contribution in [0.1, 0.15) is 55.4 Å². The maximum Gasteiger partial charge on any atom is 0.206 e. The van der Waals surface area contributed by atoms with Crippen LogP contribution in [0.3, 0.4) is 0 Å². The van der Waals surface area contributed by atoms with Crippen LogP contribution in [0.15, 0.2) is 88.7 Å². The molecule has 0 spiro atoms. The fourth-order valence-electron chi connectivity index (χ4n) is 2.20. The Morgan fingerprint density at radius 3 is 1.22 bits per heavy atom. The fourth-order valence-corrected chi connectivity index (χ4v) is 3.46. The first-order valence-corrected chi connectivity index (χ1v) is 12.8. The zero-order valence-electron chi connectivity index (χ0n) is 21.0. The van der Waals surface area contributed by atoms with Gasteiger partial charge >= 0.3 is 0 Å². The summed E-state index contributed by atoms with van der Waals surface area (Å²) < 4.78 is 36.0. The molecule has 4 nitrogen and oxygen atoms in total. The number of hydrogen-bond donors (Lipinski definition) is 0. The molecule has 178 valence electrons. The van der Waals surface area contributed by atoms with Crippen LogP contribution in [0, 0.1) is 0 Å². The molecule has 5 heteroatoms. The number of sulfone groups is 1.